The summed E-state index contributed by atoms with van der Waals surface area (Å²) in [6, 6.07) is 1.95. The summed E-state index contributed by atoms with van der Waals surface area (Å²) in [5, 5.41) is 10.8. The van der Waals surface area contributed by atoms with Gasteiger partial charge in [0.25, 0.3) is 0 Å². The van der Waals surface area contributed by atoms with Crippen molar-refractivity contribution < 1.29 is 0 Å². The Hall–Kier alpha value is -0.950. The summed E-state index contributed by atoms with van der Waals surface area (Å²) in [5.41, 5.74) is 0. The average Bonchev–Trinajstić information content (AvgIpc) is 2.74. The summed E-state index contributed by atoms with van der Waals surface area (Å²) in [6.07, 6.45) is 5.24. The van der Waals surface area contributed by atoms with Crippen LogP contribution in [-0.2, 0) is 6.54 Å². The van der Waals surface area contributed by atoms with Crippen LogP contribution in [0.4, 0.5) is 5.82 Å². The van der Waals surface area contributed by atoms with Crippen molar-refractivity contribution in [1.82, 2.24) is 20.0 Å². The topological polar surface area (TPSA) is 55.6 Å². The van der Waals surface area contributed by atoms with E-state index in [0.717, 1.165) is 27.9 Å². The van der Waals surface area contributed by atoms with Gasteiger partial charge in [0.2, 0.25) is 0 Å². The highest BCUT2D eigenvalue weighted by atomic mass is 79.9. The van der Waals surface area contributed by atoms with Crippen LogP contribution in [0.2, 0.25) is 0 Å². The predicted octanol–water partition coefficient (Wildman–Crippen LogP) is 2.31. The third-order valence-electron chi connectivity index (χ3n) is 1.91. The highest BCUT2D eigenvalue weighted by Crippen LogP contribution is 2.23. The van der Waals surface area contributed by atoms with Gasteiger partial charge in [-0.3, -0.25) is 4.68 Å². The molecule has 0 fully saturated rings. The van der Waals surface area contributed by atoms with Gasteiger partial charge in [-0.15, -0.1) is 5.10 Å². The third-order valence-corrected chi connectivity index (χ3v) is 2.95. The fourth-order valence-electron chi connectivity index (χ4n) is 1.19. The van der Waals surface area contributed by atoms with E-state index in [1.807, 2.05) is 12.3 Å². The van der Waals surface area contributed by atoms with Gasteiger partial charge in [0, 0.05) is 23.4 Å². The number of rotatable bonds is 4. The van der Waals surface area contributed by atoms with E-state index in [0.29, 0.717) is 0 Å². The van der Waals surface area contributed by atoms with E-state index in [1.54, 1.807) is 17.1 Å². The maximum atomic E-state index is 4.25. The summed E-state index contributed by atoms with van der Waals surface area (Å²) < 4.78 is 3.64. The Morgan fingerprint density at radius 3 is 2.94 bits per heavy atom. The fourth-order valence-corrected chi connectivity index (χ4v) is 2.31. The molecule has 2 rings (SSSR count). The van der Waals surface area contributed by atoms with Gasteiger partial charge in [-0.1, -0.05) is 5.21 Å². The Morgan fingerprint density at radius 2 is 2.25 bits per heavy atom. The van der Waals surface area contributed by atoms with Gasteiger partial charge in [0.1, 0.15) is 5.82 Å². The second kappa shape index (κ2) is 5.40. The largest absolute Gasteiger partial charge is 0.367 e. The average molecular weight is 347 g/mol. The highest BCUT2D eigenvalue weighted by Gasteiger charge is 2.01. The van der Waals surface area contributed by atoms with Gasteiger partial charge in [0.15, 0.2) is 0 Å². The minimum absolute atomic E-state index is 0.747. The summed E-state index contributed by atoms with van der Waals surface area (Å²) in [5.74, 6) is 0.823. The molecule has 2 heterocycles. The number of pyridine rings is 1. The van der Waals surface area contributed by atoms with Gasteiger partial charge in [0.05, 0.1) is 17.2 Å². The lowest BCUT2D eigenvalue weighted by Crippen LogP contribution is -2.12. The fraction of sp³-hybridized carbons (Fsp3) is 0.222. The molecule has 0 radical (unpaired) electrons. The van der Waals surface area contributed by atoms with Gasteiger partial charge in [-0.05, 0) is 37.9 Å². The van der Waals surface area contributed by atoms with E-state index in [-0.39, 0.29) is 0 Å². The molecule has 0 spiro atoms. The number of aromatic nitrogens is 4. The van der Waals surface area contributed by atoms with E-state index in [1.165, 1.54) is 0 Å². The van der Waals surface area contributed by atoms with Crippen LogP contribution in [0.3, 0.4) is 0 Å². The van der Waals surface area contributed by atoms with Crippen molar-refractivity contribution in [3.63, 3.8) is 0 Å². The lowest BCUT2D eigenvalue weighted by Gasteiger charge is -2.07. The minimum atomic E-state index is 0.747. The van der Waals surface area contributed by atoms with Crippen molar-refractivity contribution in [3.8, 4) is 0 Å². The van der Waals surface area contributed by atoms with Crippen LogP contribution in [0.1, 0.15) is 0 Å². The van der Waals surface area contributed by atoms with Crippen molar-refractivity contribution in [3.05, 3.63) is 33.6 Å². The Balaban J connectivity index is 1.90. The SMILES string of the molecule is Brc1cnc(NCCn2ccnn2)c(Br)c1. The molecule has 2 aromatic rings. The van der Waals surface area contributed by atoms with E-state index in [2.05, 4.69) is 52.5 Å². The molecule has 7 heteroatoms. The first-order chi connectivity index (χ1) is 7.75. The van der Waals surface area contributed by atoms with Gasteiger partial charge >= 0.3 is 0 Å². The van der Waals surface area contributed by atoms with E-state index < -0.39 is 0 Å². The first-order valence-corrected chi connectivity index (χ1v) is 6.23. The molecule has 5 nitrogen and oxygen atoms in total. The molecule has 0 unspecified atom stereocenters. The van der Waals surface area contributed by atoms with Crippen LogP contribution in [0, 0.1) is 0 Å². The standard InChI is InChI=1S/C9H9Br2N5/c10-7-5-8(11)9(13-6-7)12-1-3-16-4-2-14-15-16/h2,4-6H,1,3H2,(H,12,13). The lowest BCUT2D eigenvalue weighted by molar-refractivity contribution is 0.608. The molecule has 0 saturated carbocycles. The molecule has 0 amide bonds. The van der Waals surface area contributed by atoms with Crippen molar-refractivity contribution in [2.24, 2.45) is 0 Å². The lowest BCUT2D eigenvalue weighted by atomic mass is 10.4. The van der Waals surface area contributed by atoms with Crippen molar-refractivity contribution in [2.75, 3.05) is 11.9 Å². The molecule has 0 aliphatic rings. The number of anilines is 1. The molecule has 0 aliphatic carbocycles. The minimum Gasteiger partial charge on any atom is -0.367 e. The zero-order chi connectivity index (χ0) is 11.4. The molecule has 2 aromatic heterocycles. The van der Waals surface area contributed by atoms with Crippen LogP contribution in [-0.4, -0.2) is 26.5 Å². The zero-order valence-corrected chi connectivity index (χ0v) is 11.4. The smallest absolute Gasteiger partial charge is 0.140 e. The molecule has 16 heavy (non-hydrogen) atoms. The summed E-state index contributed by atoms with van der Waals surface area (Å²) in [7, 11) is 0. The molecular weight excluding hydrogens is 338 g/mol. The number of hydrogen-bond acceptors (Lipinski definition) is 4. The highest BCUT2D eigenvalue weighted by molar-refractivity contribution is 9.11. The maximum Gasteiger partial charge on any atom is 0.140 e. The van der Waals surface area contributed by atoms with Crippen molar-refractivity contribution in [2.45, 2.75) is 6.54 Å². The van der Waals surface area contributed by atoms with Crippen LogP contribution in [0.5, 0.6) is 0 Å². The maximum absolute atomic E-state index is 4.25. The number of hydrogen-bond donors (Lipinski definition) is 1. The molecule has 0 bridgehead atoms. The van der Waals surface area contributed by atoms with E-state index in [9.17, 15) is 0 Å². The quantitative estimate of drug-likeness (QED) is 0.923. The Bertz CT molecular complexity index is 457. The normalized spacial score (nSPS) is 10.4. The monoisotopic (exact) mass is 345 g/mol. The number of nitrogens with one attached hydrogen (secondary N) is 1. The molecule has 0 aromatic carbocycles. The predicted molar refractivity (Wildman–Crippen MR) is 68.1 cm³/mol. The molecule has 0 atom stereocenters. The van der Waals surface area contributed by atoms with Crippen LogP contribution in [0.25, 0.3) is 0 Å². The molecule has 0 saturated heterocycles. The van der Waals surface area contributed by atoms with Gasteiger partial charge < -0.3 is 5.32 Å². The zero-order valence-electron chi connectivity index (χ0n) is 8.27. The Kier molecular flexibility index (Phi) is 3.89. The second-order valence-corrected chi connectivity index (χ2v) is 4.85. The summed E-state index contributed by atoms with van der Waals surface area (Å²) >= 11 is 6.79. The molecule has 84 valence electrons. The van der Waals surface area contributed by atoms with Crippen LogP contribution >= 0.6 is 31.9 Å². The first-order valence-electron chi connectivity index (χ1n) is 4.65. The summed E-state index contributed by atoms with van der Waals surface area (Å²) in [6.45, 7) is 1.50. The van der Waals surface area contributed by atoms with Crippen LogP contribution < -0.4 is 5.32 Å². The molecule has 1 N–H and O–H groups in total. The van der Waals surface area contributed by atoms with E-state index >= 15 is 0 Å². The summed E-state index contributed by atoms with van der Waals surface area (Å²) in [4.78, 5) is 4.25. The molecule has 0 aliphatic heterocycles. The Labute approximate surface area is 110 Å². The van der Waals surface area contributed by atoms with Crippen molar-refractivity contribution in [1.29, 1.82) is 0 Å². The third kappa shape index (κ3) is 3.02. The first kappa shape index (κ1) is 11.5. The second-order valence-electron chi connectivity index (χ2n) is 3.08. The number of nitrogens with zero attached hydrogens (tertiary/aromatic N) is 4. The molecular formula is C9H9Br2N5. The van der Waals surface area contributed by atoms with Gasteiger partial charge in [-0.2, -0.15) is 0 Å². The Morgan fingerprint density at radius 1 is 1.38 bits per heavy atom. The van der Waals surface area contributed by atoms with Crippen LogP contribution in [0.15, 0.2) is 33.6 Å². The van der Waals surface area contributed by atoms with Crippen molar-refractivity contribution >= 4 is 37.7 Å². The van der Waals surface area contributed by atoms with Gasteiger partial charge in [-0.25, -0.2) is 4.98 Å². The van der Waals surface area contributed by atoms with E-state index in [4.69, 9.17) is 0 Å². The number of halogens is 2.